The molecule has 1 aromatic carbocycles. The van der Waals surface area contributed by atoms with E-state index in [1.54, 1.807) is 12.1 Å². The number of amides is 1. The average Bonchev–Trinajstić information content (AvgIpc) is 3.01. The average molecular weight is 233 g/mol. The van der Waals surface area contributed by atoms with Gasteiger partial charge in [-0.15, -0.1) is 0 Å². The molecule has 88 valence electrons. The molecular weight excluding hydrogens is 221 g/mol. The van der Waals surface area contributed by atoms with Gasteiger partial charge in [0, 0.05) is 6.04 Å². The smallest absolute Gasteiger partial charge is 0.256 e. The molecule has 1 fully saturated rings. The Bertz CT molecular complexity index is 496. The van der Waals surface area contributed by atoms with E-state index in [-0.39, 0.29) is 11.7 Å². The summed E-state index contributed by atoms with van der Waals surface area (Å²) in [5.41, 5.74) is 0.579. The predicted octanol–water partition coefficient (Wildman–Crippen LogP) is 1.10. The van der Waals surface area contributed by atoms with E-state index in [9.17, 15) is 9.18 Å². The van der Waals surface area contributed by atoms with Gasteiger partial charge in [0.15, 0.2) is 12.0 Å². The summed E-state index contributed by atoms with van der Waals surface area (Å²) >= 11 is 0. The number of hydrogen-bond donors (Lipinski definition) is 2. The Hall–Kier alpha value is -1.91. The molecule has 0 bridgehead atoms. The monoisotopic (exact) mass is 233 g/mol. The third-order valence-corrected chi connectivity index (χ3v) is 2.83. The van der Waals surface area contributed by atoms with Crippen molar-refractivity contribution in [3.8, 4) is 0 Å². The van der Waals surface area contributed by atoms with Crippen molar-refractivity contribution in [2.45, 2.75) is 24.9 Å². The summed E-state index contributed by atoms with van der Waals surface area (Å²) in [6.45, 7) is 0. The zero-order chi connectivity index (χ0) is 11.8. The van der Waals surface area contributed by atoms with E-state index in [0.29, 0.717) is 17.6 Å². The van der Waals surface area contributed by atoms with Gasteiger partial charge in [-0.05, 0) is 30.5 Å². The lowest BCUT2D eigenvalue weighted by Gasteiger charge is -2.03. The molecule has 5 heteroatoms. The molecule has 3 rings (SSSR count). The Kier molecular flexibility index (Phi) is 2.31. The first-order chi connectivity index (χ1) is 8.22. The molecule has 1 aliphatic heterocycles. The Labute approximate surface area is 97.9 Å². The van der Waals surface area contributed by atoms with E-state index in [1.807, 2.05) is 0 Å². The molecular formula is C12H12FN3O. The van der Waals surface area contributed by atoms with Crippen molar-refractivity contribution in [2.75, 3.05) is 0 Å². The molecule has 2 N–H and O–H groups in total. The van der Waals surface area contributed by atoms with Crippen LogP contribution in [-0.4, -0.2) is 17.9 Å². The SMILES string of the molecule is O=C1NC(NC2CC2)=NC1c1cccc(F)c1. The van der Waals surface area contributed by atoms with Crippen molar-refractivity contribution in [2.24, 2.45) is 4.99 Å². The molecule has 1 unspecified atom stereocenters. The first-order valence-corrected chi connectivity index (χ1v) is 5.63. The minimum atomic E-state index is -0.632. The normalized spacial score (nSPS) is 23.2. The Morgan fingerprint density at radius 3 is 2.94 bits per heavy atom. The molecule has 1 amide bonds. The number of guanidine groups is 1. The van der Waals surface area contributed by atoms with Crippen molar-refractivity contribution in [1.29, 1.82) is 0 Å². The van der Waals surface area contributed by atoms with Gasteiger partial charge in [-0.25, -0.2) is 9.38 Å². The maximum atomic E-state index is 13.1. The van der Waals surface area contributed by atoms with E-state index in [0.717, 1.165) is 12.8 Å². The van der Waals surface area contributed by atoms with Crippen molar-refractivity contribution in [3.63, 3.8) is 0 Å². The van der Waals surface area contributed by atoms with E-state index >= 15 is 0 Å². The lowest BCUT2D eigenvalue weighted by Crippen LogP contribution is -2.37. The van der Waals surface area contributed by atoms with Gasteiger partial charge in [-0.3, -0.25) is 10.1 Å². The number of carbonyl (C=O) groups is 1. The predicted molar refractivity (Wildman–Crippen MR) is 60.9 cm³/mol. The van der Waals surface area contributed by atoms with E-state index in [2.05, 4.69) is 15.6 Å². The molecule has 0 saturated heterocycles. The molecule has 17 heavy (non-hydrogen) atoms. The lowest BCUT2D eigenvalue weighted by molar-refractivity contribution is -0.120. The van der Waals surface area contributed by atoms with Gasteiger partial charge in [-0.1, -0.05) is 12.1 Å². The molecule has 0 spiro atoms. The van der Waals surface area contributed by atoms with Gasteiger partial charge < -0.3 is 5.32 Å². The number of nitrogens with one attached hydrogen (secondary N) is 2. The van der Waals surface area contributed by atoms with Gasteiger partial charge in [-0.2, -0.15) is 0 Å². The number of hydrogen-bond acceptors (Lipinski definition) is 3. The maximum absolute atomic E-state index is 13.1. The topological polar surface area (TPSA) is 53.5 Å². The van der Waals surface area contributed by atoms with Crippen molar-refractivity contribution < 1.29 is 9.18 Å². The largest absolute Gasteiger partial charge is 0.353 e. The molecule has 1 saturated carbocycles. The fourth-order valence-corrected chi connectivity index (χ4v) is 1.80. The summed E-state index contributed by atoms with van der Waals surface area (Å²) in [5.74, 6) is -0.0559. The summed E-state index contributed by atoms with van der Waals surface area (Å²) in [7, 11) is 0. The molecule has 1 aliphatic carbocycles. The van der Waals surface area contributed by atoms with Crippen LogP contribution in [0.3, 0.4) is 0 Å². The highest BCUT2D eigenvalue weighted by atomic mass is 19.1. The van der Waals surface area contributed by atoms with E-state index < -0.39 is 6.04 Å². The van der Waals surface area contributed by atoms with Crippen molar-refractivity contribution in [3.05, 3.63) is 35.6 Å². The summed E-state index contributed by atoms with van der Waals surface area (Å²) in [6, 6.07) is 5.78. The van der Waals surface area contributed by atoms with Crippen LogP contribution in [0.2, 0.25) is 0 Å². The summed E-state index contributed by atoms with van der Waals surface area (Å²) in [6.07, 6.45) is 2.22. The van der Waals surface area contributed by atoms with Gasteiger partial charge >= 0.3 is 0 Å². The van der Waals surface area contributed by atoms with Gasteiger partial charge in [0.1, 0.15) is 5.82 Å². The highest BCUT2D eigenvalue weighted by Gasteiger charge is 2.31. The summed E-state index contributed by atoms with van der Waals surface area (Å²) in [4.78, 5) is 15.9. The fourth-order valence-electron chi connectivity index (χ4n) is 1.80. The van der Waals surface area contributed by atoms with Crippen LogP contribution in [0.25, 0.3) is 0 Å². The number of aliphatic imine (C=N–C) groups is 1. The number of halogens is 1. The third kappa shape index (κ3) is 2.13. The quantitative estimate of drug-likeness (QED) is 0.803. The Balaban J connectivity index is 1.82. The molecule has 4 nitrogen and oxygen atoms in total. The van der Waals surface area contributed by atoms with Crippen LogP contribution in [0, 0.1) is 5.82 Å². The number of benzene rings is 1. The number of carbonyl (C=O) groups excluding carboxylic acids is 1. The molecule has 1 heterocycles. The minimum absolute atomic E-state index is 0.209. The second kappa shape index (κ2) is 3.84. The van der Waals surface area contributed by atoms with Crippen LogP contribution in [0.1, 0.15) is 24.4 Å². The lowest BCUT2D eigenvalue weighted by atomic mass is 10.1. The first kappa shape index (κ1) is 10.3. The minimum Gasteiger partial charge on any atom is -0.353 e. The van der Waals surface area contributed by atoms with Gasteiger partial charge in [0.2, 0.25) is 0 Å². The molecule has 1 atom stereocenters. The number of nitrogens with zero attached hydrogens (tertiary/aromatic N) is 1. The zero-order valence-electron chi connectivity index (χ0n) is 9.11. The highest BCUT2D eigenvalue weighted by molar-refractivity contribution is 6.05. The van der Waals surface area contributed by atoms with Crippen LogP contribution in [0.5, 0.6) is 0 Å². The van der Waals surface area contributed by atoms with Crippen LogP contribution < -0.4 is 10.6 Å². The second-order valence-electron chi connectivity index (χ2n) is 4.34. The van der Waals surface area contributed by atoms with Crippen LogP contribution in [0.15, 0.2) is 29.3 Å². The van der Waals surface area contributed by atoms with Crippen LogP contribution >= 0.6 is 0 Å². The summed E-state index contributed by atoms with van der Waals surface area (Å²) < 4.78 is 13.1. The molecule has 2 aliphatic rings. The number of rotatable bonds is 2. The van der Waals surface area contributed by atoms with Crippen molar-refractivity contribution in [1.82, 2.24) is 10.6 Å². The molecule has 0 aromatic heterocycles. The first-order valence-electron chi connectivity index (χ1n) is 5.63. The van der Waals surface area contributed by atoms with E-state index in [1.165, 1.54) is 12.1 Å². The highest BCUT2D eigenvalue weighted by Crippen LogP contribution is 2.23. The third-order valence-electron chi connectivity index (χ3n) is 2.83. The second-order valence-corrected chi connectivity index (χ2v) is 4.34. The molecule has 1 aromatic rings. The standard InChI is InChI=1S/C12H12FN3O/c13-8-3-1-2-7(6-8)10-11(17)16-12(15-10)14-9-4-5-9/h1-3,6,9-10H,4-5H2,(H2,14,15,16,17). The van der Waals surface area contributed by atoms with Crippen LogP contribution in [0.4, 0.5) is 4.39 Å². The van der Waals surface area contributed by atoms with Crippen molar-refractivity contribution >= 4 is 11.9 Å². The van der Waals surface area contributed by atoms with Gasteiger partial charge in [0.05, 0.1) is 0 Å². The van der Waals surface area contributed by atoms with Gasteiger partial charge in [0.25, 0.3) is 5.91 Å². The fraction of sp³-hybridized carbons (Fsp3) is 0.333. The molecule has 0 radical (unpaired) electrons. The Morgan fingerprint density at radius 2 is 2.24 bits per heavy atom. The van der Waals surface area contributed by atoms with Crippen LogP contribution in [-0.2, 0) is 4.79 Å². The Morgan fingerprint density at radius 1 is 1.41 bits per heavy atom. The maximum Gasteiger partial charge on any atom is 0.256 e. The zero-order valence-corrected chi connectivity index (χ0v) is 9.11. The van der Waals surface area contributed by atoms with E-state index in [4.69, 9.17) is 0 Å². The summed E-state index contributed by atoms with van der Waals surface area (Å²) in [5, 5.41) is 5.79.